The zero-order valence-electron chi connectivity index (χ0n) is 11.0. The lowest BCUT2D eigenvalue weighted by Gasteiger charge is -2.36. The molecule has 2 heterocycles. The van der Waals surface area contributed by atoms with Gasteiger partial charge in [-0.15, -0.1) is 10.2 Å². The first kappa shape index (κ1) is 14.2. The van der Waals surface area contributed by atoms with Gasteiger partial charge in [-0.2, -0.15) is 0 Å². The standard InChI is InChI=1S/C11H18N4O3S/c1-3-12-11-14-13-9(19-11)10(17)15-4-8(5-16)18-6-7(15)2/h7-8,16H,3-6H2,1-2H3,(H,12,14). The minimum Gasteiger partial charge on any atom is -0.394 e. The summed E-state index contributed by atoms with van der Waals surface area (Å²) in [6, 6.07) is -0.0261. The van der Waals surface area contributed by atoms with E-state index in [2.05, 4.69) is 15.5 Å². The maximum Gasteiger partial charge on any atom is 0.285 e. The number of aliphatic hydroxyl groups is 1. The number of nitrogens with one attached hydrogen (secondary N) is 1. The van der Waals surface area contributed by atoms with Gasteiger partial charge in [-0.3, -0.25) is 4.79 Å². The van der Waals surface area contributed by atoms with E-state index in [1.807, 2.05) is 13.8 Å². The molecule has 0 spiro atoms. The molecule has 1 fully saturated rings. The Labute approximate surface area is 115 Å². The molecular weight excluding hydrogens is 268 g/mol. The van der Waals surface area contributed by atoms with Crippen LogP contribution in [-0.2, 0) is 4.74 Å². The fraction of sp³-hybridized carbons (Fsp3) is 0.727. The van der Waals surface area contributed by atoms with Crippen molar-refractivity contribution in [2.24, 2.45) is 0 Å². The Bertz CT molecular complexity index is 439. The number of hydrogen-bond donors (Lipinski definition) is 2. The van der Waals surface area contributed by atoms with Crippen molar-refractivity contribution in [2.75, 3.05) is 31.6 Å². The Hall–Kier alpha value is -1.25. The average molecular weight is 286 g/mol. The molecule has 1 aromatic heterocycles. The molecule has 0 bridgehead atoms. The molecule has 1 aliphatic heterocycles. The Balaban J connectivity index is 2.08. The first-order chi connectivity index (χ1) is 9.15. The minimum absolute atomic E-state index is 0.0261. The summed E-state index contributed by atoms with van der Waals surface area (Å²) >= 11 is 1.24. The third kappa shape index (κ3) is 3.20. The van der Waals surface area contributed by atoms with E-state index in [1.54, 1.807) is 4.90 Å². The van der Waals surface area contributed by atoms with Crippen molar-refractivity contribution in [3.63, 3.8) is 0 Å². The first-order valence-corrected chi connectivity index (χ1v) is 7.08. The predicted octanol–water partition coefficient (Wildman–Crippen LogP) is 0.192. The second kappa shape index (κ2) is 6.27. The SMILES string of the molecule is CCNc1nnc(C(=O)N2CC(CO)OCC2C)s1. The number of ether oxygens (including phenoxy) is 1. The Morgan fingerprint density at radius 1 is 1.63 bits per heavy atom. The highest BCUT2D eigenvalue weighted by molar-refractivity contribution is 7.17. The number of nitrogens with zero attached hydrogens (tertiary/aromatic N) is 3. The fourth-order valence-electron chi connectivity index (χ4n) is 1.87. The average Bonchev–Trinajstić information content (AvgIpc) is 2.88. The summed E-state index contributed by atoms with van der Waals surface area (Å²) < 4.78 is 5.41. The lowest BCUT2D eigenvalue weighted by atomic mass is 10.2. The molecule has 1 aliphatic rings. The molecule has 106 valence electrons. The van der Waals surface area contributed by atoms with E-state index in [0.29, 0.717) is 23.3 Å². The van der Waals surface area contributed by atoms with E-state index in [0.717, 1.165) is 6.54 Å². The second-order valence-corrected chi connectivity index (χ2v) is 5.36. The molecule has 8 heteroatoms. The smallest absolute Gasteiger partial charge is 0.285 e. The summed E-state index contributed by atoms with van der Waals surface area (Å²) in [4.78, 5) is 14.0. The van der Waals surface area contributed by atoms with Gasteiger partial charge >= 0.3 is 0 Å². The van der Waals surface area contributed by atoms with Crippen LogP contribution in [0.1, 0.15) is 23.6 Å². The van der Waals surface area contributed by atoms with Gasteiger partial charge < -0.3 is 20.1 Å². The Morgan fingerprint density at radius 2 is 2.42 bits per heavy atom. The molecule has 1 aromatic rings. The van der Waals surface area contributed by atoms with Crippen LogP contribution in [0.5, 0.6) is 0 Å². The van der Waals surface area contributed by atoms with Crippen molar-refractivity contribution >= 4 is 22.4 Å². The van der Waals surface area contributed by atoms with Crippen LogP contribution in [0.3, 0.4) is 0 Å². The lowest BCUT2D eigenvalue weighted by molar-refractivity contribution is -0.0667. The van der Waals surface area contributed by atoms with Crippen LogP contribution in [0, 0.1) is 0 Å². The second-order valence-electron chi connectivity index (χ2n) is 4.39. The van der Waals surface area contributed by atoms with Gasteiger partial charge in [0, 0.05) is 13.1 Å². The fourth-order valence-corrected chi connectivity index (χ4v) is 2.63. The Morgan fingerprint density at radius 3 is 3.11 bits per heavy atom. The van der Waals surface area contributed by atoms with E-state index < -0.39 is 0 Å². The molecular formula is C11H18N4O3S. The zero-order valence-corrected chi connectivity index (χ0v) is 11.8. The van der Waals surface area contributed by atoms with E-state index in [-0.39, 0.29) is 24.7 Å². The largest absolute Gasteiger partial charge is 0.394 e. The molecule has 0 aromatic carbocycles. The number of morpholine rings is 1. The number of carbonyl (C=O) groups is 1. The van der Waals surface area contributed by atoms with Crippen molar-refractivity contribution in [1.29, 1.82) is 0 Å². The van der Waals surface area contributed by atoms with Gasteiger partial charge in [0.05, 0.1) is 25.4 Å². The van der Waals surface area contributed by atoms with Gasteiger partial charge in [-0.25, -0.2) is 0 Å². The number of anilines is 1. The number of carbonyl (C=O) groups excluding carboxylic acids is 1. The third-order valence-electron chi connectivity index (χ3n) is 2.91. The molecule has 0 aliphatic carbocycles. The van der Waals surface area contributed by atoms with Gasteiger partial charge in [0.15, 0.2) is 0 Å². The van der Waals surface area contributed by atoms with Crippen LogP contribution >= 0.6 is 11.3 Å². The molecule has 2 N–H and O–H groups in total. The normalized spacial score (nSPS) is 23.4. The van der Waals surface area contributed by atoms with Crippen LogP contribution in [0.25, 0.3) is 0 Å². The van der Waals surface area contributed by atoms with Crippen LogP contribution in [-0.4, -0.2) is 64.6 Å². The van der Waals surface area contributed by atoms with Crippen molar-refractivity contribution in [3.05, 3.63) is 5.01 Å². The van der Waals surface area contributed by atoms with E-state index >= 15 is 0 Å². The molecule has 1 amide bonds. The van der Waals surface area contributed by atoms with Crippen molar-refractivity contribution < 1.29 is 14.6 Å². The van der Waals surface area contributed by atoms with E-state index in [1.165, 1.54) is 11.3 Å². The van der Waals surface area contributed by atoms with Crippen LogP contribution in [0.15, 0.2) is 0 Å². The summed E-state index contributed by atoms with van der Waals surface area (Å²) in [5.41, 5.74) is 0. The summed E-state index contributed by atoms with van der Waals surface area (Å²) in [5, 5.41) is 21.0. The third-order valence-corrected chi connectivity index (χ3v) is 3.77. The van der Waals surface area contributed by atoms with E-state index in [4.69, 9.17) is 9.84 Å². The summed E-state index contributed by atoms with van der Waals surface area (Å²) in [7, 11) is 0. The lowest BCUT2D eigenvalue weighted by Crippen LogP contribution is -2.52. The minimum atomic E-state index is -0.318. The number of amides is 1. The quantitative estimate of drug-likeness (QED) is 0.821. The number of aliphatic hydroxyl groups excluding tert-OH is 1. The van der Waals surface area contributed by atoms with Gasteiger partial charge in [-0.05, 0) is 13.8 Å². The van der Waals surface area contributed by atoms with Gasteiger partial charge in [0.25, 0.3) is 5.91 Å². The molecule has 0 saturated carbocycles. The number of rotatable bonds is 4. The predicted molar refractivity (Wildman–Crippen MR) is 71.4 cm³/mol. The zero-order chi connectivity index (χ0) is 13.8. The maximum atomic E-state index is 12.4. The van der Waals surface area contributed by atoms with Crippen LogP contribution in [0.4, 0.5) is 5.13 Å². The molecule has 0 radical (unpaired) electrons. The highest BCUT2D eigenvalue weighted by Gasteiger charge is 2.31. The first-order valence-electron chi connectivity index (χ1n) is 6.26. The Kier molecular flexibility index (Phi) is 4.67. The topological polar surface area (TPSA) is 87.6 Å². The molecule has 2 unspecified atom stereocenters. The maximum absolute atomic E-state index is 12.4. The van der Waals surface area contributed by atoms with Gasteiger partial charge in [0.1, 0.15) is 0 Å². The molecule has 1 saturated heterocycles. The van der Waals surface area contributed by atoms with E-state index in [9.17, 15) is 4.79 Å². The summed E-state index contributed by atoms with van der Waals surface area (Å²) in [6.07, 6.45) is -0.318. The van der Waals surface area contributed by atoms with Crippen molar-refractivity contribution in [2.45, 2.75) is 26.0 Å². The number of aromatic nitrogens is 2. The number of hydrogen-bond acceptors (Lipinski definition) is 7. The monoisotopic (exact) mass is 286 g/mol. The van der Waals surface area contributed by atoms with Crippen LogP contribution in [0.2, 0.25) is 0 Å². The highest BCUT2D eigenvalue weighted by Crippen LogP contribution is 2.20. The van der Waals surface area contributed by atoms with Crippen molar-refractivity contribution in [3.8, 4) is 0 Å². The molecule has 2 rings (SSSR count). The molecule has 7 nitrogen and oxygen atoms in total. The van der Waals surface area contributed by atoms with Gasteiger partial charge in [-0.1, -0.05) is 11.3 Å². The molecule has 2 atom stereocenters. The highest BCUT2D eigenvalue weighted by atomic mass is 32.1. The summed E-state index contributed by atoms with van der Waals surface area (Å²) in [5.74, 6) is -0.157. The summed E-state index contributed by atoms with van der Waals surface area (Å²) in [6.45, 7) is 5.33. The molecule has 19 heavy (non-hydrogen) atoms. The van der Waals surface area contributed by atoms with Crippen molar-refractivity contribution in [1.82, 2.24) is 15.1 Å². The van der Waals surface area contributed by atoms with Crippen LogP contribution < -0.4 is 5.32 Å². The van der Waals surface area contributed by atoms with Gasteiger partial charge in [0.2, 0.25) is 10.1 Å².